The third kappa shape index (κ3) is 3.27. The van der Waals surface area contributed by atoms with Gasteiger partial charge in [0.15, 0.2) is 0 Å². The van der Waals surface area contributed by atoms with E-state index in [0.717, 1.165) is 22.0 Å². The van der Waals surface area contributed by atoms with Crippen molar-refractivity contribution < 1.29 is 4.79 Å². The minimum Gasteiger partial charge on any atom is -0.358 e. The summed E-state index contributed by atoms with van der Waals surface area (Å²) in [4.78, 5) is 20.0. The fourth-order valence-electron chi connectivity index (χ4n) is 2.11. The van der Waals surface area contributed by atoms with Crippen LogP contribution in [0.3, 0.4) is 0 Å². The molecular weight excluding hydrogens is 322 g/mol. The summed E-state index contributed by atoms with van der Waals surface area (Å²) >= 11 is 7.58. The number of hydrogen-bond acceptors (Lipinski definition) is 6. The van der Waals surface area contributed by atoms with Crippen LogP contribution in [0.1, 0.15) is 18.2 Å². The number of aromatic nitrogens is 1. The van der Waals surface area contributed by atoms with E-state index in [-0.39, 0.29) is 12.1 Å². The van der Waals surface area contributed by atoms with Gasteiger partial charge < -0.3 is 5.32 Å². The van der Waals surface area contributed by atoms with E-state index in [2.05, 4.69) is 26.1 Å². The van der Waals surface area contributed by atoms with E-state index in [1.165, 1.54) is 18.3 Å². The van der Waals surface area contributed by atoms with Crippen LogP contribution >= 0.6 is 22.9 Å². The number of halogens is 1. The molecule has 114 valence electrons. The van der Waals surface area contributed by atoms with Gasteiger partial charge in [0.2, 0.25) is 5.91 Å². The first kappa shape index (κ1) is 15.0. The van der Waals surface area contributed by atoms with E-state index in [1.54, 1.807) is 6.20 Å². The van der Waals surface area contributed by atoms with Crippen LogP contribution in [-0.4, -0.2) is 29.3 Å². The maximum absolute atomic E-state index is 11.0. The van der Waals surface area contributed by atoms with Gasteiger partial charge in [0.1, 0.15) is 11.2 Å². The zero-order valence-electron chi connectivity index (χ0n) is 11.8. The lowest BCUT2D eigenvalue weighted by molar-refractivity contribution is -0.120. The van der Waals surface area contributed by atoms with Crippen molar-refractivity contribution in [2.45, 2.75) is 13.1 Å². The van der Waals surface area contributed by atoms with E-state index < -0.39 is 0 Å². The second kappa shape index (κ2) is 6.43. The maximum atomic E-state index is 11.0. The molecule has 3 heterocycles. The molecule has 0 saturated heterocycles. The number of amides is 1. The highest BCUT2D eigenvalue weighted by atomic mass is 35.5. The van der Waals surface area contributed by atoms with Crippen LogP contribution in [0.2, 0.25) is 4.34 Å². The Morgan fingerprint density at radius 1 is 1.50 bits per heavy atom. The minimum atomic E-state index is -0.224. The lowest BCUT2D eigenvalue weighted by atomic mass is 10.1. The first-order chi connectivity index (χ1) is 10.6. The zero-order chi connectivity index (χ0) is 15.5. The Morgan fingerprint density at radius 3 is 3.09 bits per heavy atom. The van der Waals surface area contributed by atoms with Crippen molar-refractivity contribution in [2.75, 3.05) is 11.9 Å². The van der Waals surface area contributed by atoms with E-state index in [1.807, 2.05) is 24.3 Å². The van der Waals surface area contributed by atoms with E-state index in [4.69, 9.17) is 11.6 Å². The molecule has 1 atom stereocenters. The molecule has 0 fully saturated rings. The first-order valence-corrected chi connectivity index (χ1v) is 7.87. The lowest BCUT2D eigenvalue weighted by Crippen LogP contribution is -2.48. The van der Waals surface area contributed by atoms with Gasteiger partial charge in [-0.3, -0.25) is 20.2 Å². The standard InChI is InChI=1S/C14H14ClN5OS/c1-8(21)19-20-12-7-17-13(10-4-2-3-5-16-10)9-6-11(15)22-14(9)18-12/h2-6,12,18,20H,7H2,1H3,(H,19,21). The van der Waals surface area contributed by atoms with Gasteiger partial charge in [0.05, 0.1) is 22.3 Å². The Kier molecular flexibility index (Phi) is 4.37. The summed E-state index contributed by atoms with van der Waals surface area (Å²) in [5, 5.41) is 4.20. The normalized spacial score (nSPS) is 17.0. The van der Waals surface area contributed by atoms with Crippen molar-refractivity contribution >= 4 is 39.6 Å². The van der Waals surface area contributed by atoms with Crippen LogP contribution in [0, 0.1) is 0 Å². The summed E-state index contributed by atoms with van der Waals surface area (Å²) in [5.74, 6) is -0.163. The molecule has 0 aliphatic carbocycles. The van der Waals surface area contributed by atoms with Crippen molar-refractivity contribution in [1.82, 2.24) is 15.8 Å². The summed E-state index contributed by atoms with van der Waals surface area (Å²) in [7, 11) is 0. The molecule has 3 rings (SSSR count). The molecule has 1 unspecified atom stereocenters. The molecule has 1 amide bonds. The van der Waals surface area contributed by atoms with Crippen LogP contribution in [0.15, 0.2) is 35.5 Å². The number of hydrogen-bond donors (Lipinski definition) is 3. The van der Waals surface area contributed by atoms with Crippen LogP contribution in [0.25, 0.3) is 0 Å². The first-order valence-electron chi connectivity index (χ1n) is 6.67. The molecule has 6 nitrogen and oxygen atoms in total. The second-order valence-electron chi connectivity index (χ2n) is 4.72. The predicted molar refractivity (Wildman–Crippen MR) is 88.4 cm³/mol. The number of nitrogens with one attached hydrogen (secondary N) is 3. The number of anilines is 1. The number of aliphatic imine (C=N–C) groups is 1. The minimum absolute atomic E-state index is 0.163. The summed E-state index contributed by atoms with van der Waals surface area (Å²) in [6.07, 6.45) is 1.51. The topological polar surface area (TPSA) is 78.4 Å². The largest absolute Gasteiger partial charge is 0.358 e. The molecule has 1 aliphatic heterocycles. The fourth-order valence-corrected chi connectivity index (χ4v) is 3.29. The molecule has 22 heavy (non-hydrogen) atoms. The average Bonchev–Trinajstić information content (AvgIpc) is 2.77. The van der Waals surface area contributed by atoms with Crippen molar-refractivity contribution in [3.8, 4) is 0 Å². The summed E-state index contributed by atoms with van der Waals surface area (Å²) in [5.41, 5.74) is 7.98. The second-order valence-corrected chi connectivity index (χ2v) is 6.40. The van der Waals surface area contributed by atoms with Gasteiger partial charge in [-0.25, -0.2) is 5.43 Å². The van der Waals surface area contributed by atoms with Gasteiger partial charge in [-0.2, -0.15) is 0 Å². The maximum Gasteiger partial charge on any atom is 0.231 e. The lowest BCUT2D eigenvalue weighted by Gasteiger charge is -2.17. The molecule has 0 aromatic carbocycles. The van der Waals surface area contributed by atoms with Gasteiger partial charge in [-0.1, -0.05) is 17.7 Å². The van der Waals surface area contributed by atoms with E-state index >= 15 is 0 Å². The van der Waals surface area contributed by atoms with Crippen molar-refractivity contribution in [3.63, 3.8) is 0 Å². The number of carbonyl (C=O) groups excluding carboxylic acids is 1. The Hall–Kier alpha value is -1.96. The Balaban J connectivity index is 1.94. The van der Waals surface area contributed by atoms with Gasteiger partial charge in [-0.15, -0.1) is 11.3 Å². The molecule has 0 saturated carbocycles. The fraction of sp³-hybridized carbons (Fsp3) is 0.214. The average molecular weight is 336 g/mol. The van der Waals surface area contributed by atoms with Gasteiger partial charge in [0.25, 0.3) is 0 Å². The van der Waals surface area contributed by atoms with Gasteiger partial charge in [-0.05, 0) is 18.2 Å². The van der Waals surface area contributed by atoms with Crippen LogP contribution < -0.4 is 16.2 Å². The van der Waals surface area contributed by atoms with E-state index in [9.17, 15) is 4.79 Å². The number of hydrazine groups is 1. The number of carbonyl (C=O) groups is 1. The third-order valence-electron chi connectivity index (χ3n) is 3.02. The van der Waals surface area contributed by atoms with Gasteiger partial charge >= 0.3 is 0 Å². The highest BCUT2D eigenvalue weighted by Crippen LogP contribution is 2.34. The molecular formula is C14H14ClN5OS. The highest BCUT2D eigenvalue weighted by Gasteiger charge is 2.22. The molecule has 1 aliphatic rings. The van der Waals surface area contributed by atoms with Crippen LogP contribution in [-0.2, 0) is 4.79 Å². The molecule has 8 heteroatoms. The quantitative estimate of drug-likeness (QED) is 0.750. The Morgan fingerprint density at radius 2 is 2.36 bits per heavy atom. The highest BCUT2D eigenvalue weighted by molar-refractivity contribution is 7.20. The number of rotatable bonds is 3. The number of pyridine rings is 1. The smallest absolute Gasteiger partial charge is 0.231 e. The molecule has 2 aromatic rings. The number of fused-ring (bicyclic) bond motifs is 1. The molecule has 2 aromatic heterocycles. The monoisotopic (exact) mass is 335 g/mol. The van der Waals surface area contributed by atoms with E-state index in [0.29, 0.717) is 10.9 Å². The number of thiophene rings is 1. The molecule has 0 bridgehead atoms. The third-order valence-corrected chi connectivity index (χ3v) is 4.22. The SMILES string of the molecule is CC(=O)NNC1CN=C(c2ccccn2)c2cc(Cl)sc2N1. The van der Waals surface area contributed by atoms with Crippen LogP contribution in [0.5, 0.6) is 0 Å². The zero-order valence-corrected chi connectivity index (χ0v) is 13.3. The molecule has 3 N–H and O–H groups in total. The van der Waals surface area contributed by atoms with Crippen molar-refractivity contribution in [1.29, 1.82) is 0 Å². The van der Waals surface area contributed by atoms with Crippen LogP contribution in [0.4, 0.5) is 5.00 Å². The summed E-state index contributed by atoms with van der Waals surface area (Å²) in [6, 6.07) is 7.57. The summed E-state index contributed by atoms with van der Waals surface area (Å²) < 4.78 is 0.668. The Bertz CT molecular complexity index is 715. The molecule has 0 spiro atoms. The molecule has 0 radical (unpaired) electrons. The number of nitrogens with zero attached hydrogens (tertiary/aromatic N) is 2. The van der Waals surface area contributed by atoms with Crippen molar-refractivity contribution in [3.05, 3.63) is 46.1 Å². The van der Waals surface area contributed by atoms with Crippen molar-refractivity contribution in [2.24, 2.45) is 4.99 Å². The Labute approximate surface area is 136 Å². The predicted octanol–water partition coefficient (Wildman–Crippen LogP) is 2.03. The van der Waals surface area contributed by atoms with Gasteiger partial charge in [0, 0.05) is 18.7 Å². The summed E-state index contributed by atoms with van der Waals surface area (Å²) in [6.45, 7) is 1.89.